The van der Waals surface area contributed by atoms with E-state index in [1.54, 1.807) is 12.1 Å². The van der Waals surface area contributed by atoms with E-state index in [0.29, 0.717) is 24.8 Å². The molecule has 0 bridgehead atoms. The van der Waals surface area contributed by atoms with E-state index in [0.717, 1.165) is 6.42 Å². The molecule has 1 aliphatic rings. The van der Waals surface area contributed by atoms with Crippen molar-refractivity contribution >= 4 is 11.7 Å². The zero-order valence-electron chi connectivity index (χ0n) is 13.8. The van der Waals surface area contributed by atoms with Crippen molar-refractivity contribution in [3.05, 3.63) is 35.9 Å². The van der Waals surface area contributed by atoms with Gasteiger partial charge in [0.2, 0.25) is 5.91 Å². The third-order valence-electron chi connectivity index (χ3n) is 4.22. The Kier molecular flexibility index (Phi) is 7.81. The fraction of sp³-hybridized carbons (Fsp3) is 0.579. The summed E-state index contributed by atoms with van der Waals surface area (Å²) in [5.74, 6) is -0.0478. The van der Waals surface area contributed by atoms with Crippen LogP contribution in [0.5, 0.6) is 0 Å². The first-order chi connectivity index (χ1) is 11.3. The Morgan fingerprint density at radius 3 is 2.52 bits per heavy atom. The van der Waals surface area contributed by atoms with Crippen LogP contribution in [0.1, 0.15) is 61.7 Å². The van der Waals surface area contributed by atoms with Crippen LogP contribution in [0.3, 0.4) is 0 Å². The number of ketones is 1. The molecule has 1 aliphatic carbocycles. The van der Waals surface area contributed by atoms with Crippen molar-refractivity contribution in [2.75, 3.05) is 13.2 Å². The molecule has 0 atom stereocenters. The van der Waals surface area contributed by atoms with E-state index in [1.165, 1.54) is 32.1 Å². The van der Waals surface area contributed by atoms with Crippen molar-refractivity contribution in [2.24, 2.45) is 0 Å². The van der Waals surface area contributed by atoms with Crippen LogP contribution >= 0.6 is 0 Å². The topological polar surface area (TPSA) is 55.4 Å². The minimum Gasteiger partial charge on any atom is -0.378 e. The smallest absolute Gasteiger partial charge is 0.220 e. The molecular formula is C19H27NO3. The Labute approximate surface area is 138 Å². The number of benzene rings is 1. The highest BCUT2D eigenvalue weighted by molar-refractivity contribution is 5.97. The van der Waals surface area contributed by atoms with Crippen molar-refractivity contribution in [2.45, 2.75) is 57.5 Å². The molecular weight excluding hydrogens is 290 g/mol. The van der Waals surface area contributed by atoms with Crippen molar-refractivity contribution in [1.29, 1.82) is 0 Å². The summed E-state index contributed by atoms with van der Waals surface area (Å²) in [5.41, 5.74) is 0.668. The fourth-order valence-electron chi connectivity index (χ4n) is 2.87. The van der Waals surface area contributed by atoms with Crippen LogP contribution in [0.25, 0.3) is 0 Å². The lowest BCUT2D eigenvalue weighted by atomic mass is 9.98. The summed E-state index contributed by atoms with van der Waals surface area (Å²) < 4.78 is 5.82. The molecule has 2 rings (SSSR count). The quantitative estimate of drug-likeness (QED) is 0.560. The highest BCUT2D eigenvalue weighted by Gasteiger charge is 2.13. The zero-order valence-corrected chi connectivity index (χ0v) is 13.8. The minimum absolute atomic E-state index is 0.0152. The van der Waals surface area contributed by atoms with E-state index in [9.17, 15) is 9.59 Å². The average molecular weight is 317 g/mol. The van der Waals surface area contributed by atoms with Crippen LogP contribution in [0.15, 0.2) is 30.3 Å². The Morgan fingerprint density at radius 2 is 1.78 bits per heavy atom. The summed E-state index contributed by atoms with van der Waals surface area (Å²) in [6, 6.07) is 9.10. The van der Waals surface area contributed by atoms with E-state index in [2.05, 4.69) is 5.32 Å². The van der Waals surface area contributed by atoms with E-state index in [4.69, 9.17) is 4.74 Å². The van der Waals surface area contributed by atoms with Gasteiger partial charge in [-0.25, -0.2) is 0 Å². The fourth-order valence-corrected chi connectivity index (χ4v) is 2.87. The molecule has 0 heterocycles. The van der Waals surface area contributed by atoms with E-state index in [-0.39, 0.29) is 24.5 Å². The monoisotopic (exact) mass is 317 g/mol. The number of nitrogens with one attached hydrogen (secondary N) is 1. The van der Waals surface area contributed by atoms with E-state index >= 15 is 0 Å². The predicted molar refractivity (Wildman–Crippen MR) is 90.5 cm³/mol. The molecule has 0 saturated heterocycles. The van der Waals surface area contributed by atoms with E-state index in [1.807, 2.05) is 18.2 Å². The lowest BCUT2D eigenvalue weighted by Gasteiger charge is -2.21. The normalized spacial score (nSPS) is 15.3. The van der Waals surface area contributed by atoms with Crippen LogP contribution in [-0.4, -0.2) is 30.9 Å². The van der Waals surface area contributed by atoms with Gasteiger partial charge in [0.25, 0.3) is 0 Å². The van der Waals surface area contributed by atoms with Crippen molar-refractivity contribution in [3.8, 4) is 0 Å². The first kappa shape index (κ1) is 17.7. The molecule has 126 valence electrons. The molecule has 0 aliphatic heterocycles. The summed E-state index contributed by atoms with van der Waals surface area (Å²) in [6.07, 6.45) is 7.98. The van der Waals surface area contributed by atoms with Crippen LogP contribution < -0.4 is 5.32 Å². The first-order valence-electron chi connectivity index (χ1n) is 8.72. The molecule has 1 aromatic carbocycles. The number of amides is 1. The third kappa shape index (κ3) is 6.95. The maximum atomic E-state index is 11.9. The van der Waals surface area contributed by atoms with Crippen molar-refractivity contribution < 1.29 is 14.3 Å². The standard InChI is InChI=1S/C19H27NO3/c21-18(16-8-3-1-4-9-16)12-13-19(22)20-14-7-15-23-17-10-5-2-6-11-17/h1,3-4,8-9,17H,2,5-7,10-15H2,(H,20,22). The molecule has 0 radical (unpaired) electrons. The molecule has 4 nitrogen and oxygen atoms in total. The molecule has 0 unspecified atom stereocenters. The minimum atomic E-state index is -0.0630. The van der Waals surface area contributed by atoms with Gasteiger partial charge in [0.05, 0.1) is 6.10 Å². The number of hydrogen-bond donors (Lipinski definition) is 1. The van der Waals surface area contributed by atoms with Gasteiger partial charge < -0.3 is 10.1 Å². The van der Waals surface area contributed by atoms with Gasteiger partial charge in [0.1, 0.15) is 0 Å². The largest absolute Gasteiger partial charge is 0.378 e. The summed E-state index contributed by atoms with van der Waals surface area (Å²) >= 11 is 0. The second kappa shape index (κ2) is 10.2. The molecule has 1 saturated carbocycles. The SMILES string of the molecule is O=C(CCC(=O)c1ccccc1)NCCCOC1CCCCC1. The molecule has 4 heteroatoms. The Hall–Kier alpha value is -1.68. The second-order valence-electron chi connectivity index (χ2n) is 6.12. The molecule has 1 aromatic rings. The Bertz CT molecular complexity index is 481. The second-order valence-corrected chi connectivity index (χ2v) is 6.12. The first-order valence-corrected chi connectivity index (χ1v) is 8.72. The van der Waals surface area contributed by atoms with Gasteiger partial charge in [-0.3, -0.25) is 9.59 Å². The molecule has 0 spiro atoms. The van der Waals surface area contributed by atoms with Gasteiger partial charge in [-0.15, -0.1) is 0 Å². The molecule has 23 heavy (non-hydrogen) atoms. The van der Waals surface area contributed by atoms with E-state index < -0.39 is 0 Å². The molecule has 1 N–H and O–H groups in total. The van der Waals surface area contributed by atoms with Gasteiger partial charge in [-0.05, 0) is 19.3 Å². The van der Waals surface area contributed by atoms with Gasteiger partial charge in [0.15, 0.2) is 5.78 Å². The van der Waals surface area contributed by atoms with Crippen LogP contribution in [-0.2, 0) is 9.53 Å². The zero-order chi connectivity index (χ0) is 16.3. The number of carbonyl (C=O) groups excluding carboxylic acids is 2. The Balaban J connectivity index is 1.50. The maximum Gasteiger partial charge on any atom is 0.220 e. The maximum absolute atomic E-state index is 11.9. The Morgan fingerprint density at radius 1 is 1.04 bits per heavy atom. The number of Topliss-reactive ketones (excluding diaryl/α,β-unsaturated/α-hetero) is 1. The number of ether oxygens (including phenoxy) is 1. The average Bonchev–Trinajstić information content (AvgIpc) is 2.61. The number of hydrogen-bond acceptors (Lipinski definition) is 3. The van der Waals surface area contributed by atoms with Crippen molar-refractivity contribution in [1.82, 2.24) is 5.32 Å². The number of carbonyl (C=O) groups is 2. The summed E-state index contributed by atoms with van der Waals surface area (Å²) in [4.78, 5) is 23.6. The lowest BCUT2D eigenvalue weighted by molar-refractivity contribution is -0.121. The van der Waals surface area contributed by atoms with Crippen LogP contribution in [0, 0.1) is 0 Å². The highest BCUT2D eigenvalue weighted by Crippen LogP contribution is 2.20. The summed E-state index contributed by atoms with van der Waals surface area (Å²) in [5, 5.41) is 2.86. The molecule has 1 amide bonds. The summed E-state index contributed by atoms with van der Waals surface area (Å²) in [7, 11) is 0. The van der Waals surface area contributed by atoms with Gasteiger partial charge >= 0.3 is 0 Å². The predicted octanol–water partition coefficient (Wildman–Crippen LogP) is 3.51. The molecule has 0 aromatic heterocycles. The van der Waals surface area contributed by atoms with Gasteiger partial charge in [0, 0.05) is 31.6 Å². The lowest BCUT2D eigenvalue weighted by Crippen LogP contribution is -2.26. The number of rotatable bonds is 9. The van der Waals surface area contributed by atoms with Crippen molar-refractivity contribution in [3.63, 3.8) is 0 Å². The highest BCUT2D eigenvalue weighted by atomic mass is 16.5. The van der Waals surface area contributed by atoms with Gasteiger partial charge in [-0.2, -0.15) is 0 Å². The van der Waals surface area contributed by atoms with Crippen LogP contribution in [0.2, 0.25) is 0 Å². The summed E-state index contributed by atoms with van der Waals surface area (Å²) in [6.45, 7) is 1.32. The van der Waals surface area contributed by atoms with Gasteiger partial charge in [-0.1, -0.05) is 49.6 Å². The third-order valence-corrected chi connectivity index (χ3v) is 4.22. The van der Waals surface area contributed by atoms with Crippen LogP contribution in [0.4, 0.5) is 0 Å². The molecule has 1 fully saturated rings.